The predicted molar refractivity (Wildman–Crippen MR) is 110 cm³/mol. The van der Waals surface area contributed by atoms with E-state index in [1.165, 1.54) is 4.90 Å². The third-order valence-corrected chi connectivity index (χ3v) is 7.99. The molecule has 0 aromatic heterocycles. The van der Waals surface area contributed by atoms with Gasteiger partial charge in [-0.15, -0.1) is 0 Å². The normalized spacial score (nSPS) is 18.3. The Morgan fingerprint density at radius 1 is 1.10 bits per heavy atom. The maximum atomic E-state index is 14.2. The Kier molecular flexibility index (Phi) is 5.78. The molecule has 11 heteroatoms. The van der Waals surface area contributed by atoms with Crippen LogP contribution in [0.3, 0.4) is 0 Å². The fraction of sp³-hybridized carbons (Fsp3) is 0.316. The summed E-state index contributed by atoms with van der Waals surface area (Å²) in [6.45, 7) is 0.223. The fourth-order valence-electron chi connectivity index (χ4n) is 3.74. The van der Waals surface area contributed by atoms with Gasteiger partial charge in [0.15, 0.2) is 0 Å². The maximum absolute atomic E-state index is 14.2. The number of cyclic esters (lactones) is 1. The number of piperidine rings is 1. The summed E-state index contributed by atoms with van der Waals surface area (Å²) in [4.78, 5) is 13.2. The Bertz CT molecular complexity index is 1120. The molecule has 160 valence electrons. The van der Waals surface area contributed by atoms with E-state index in [2.05, 4.69) is 15.9 Å². The highest BCUT2D eigenvalue weighted by Crippen LogP contribution is 2.35. The number of halogens is 4. The molecule has 2 aromatic carbocycles. The lowest BCUT2D eigenvalue weighted by atomic mass is 10.0. The summed E-state index contributed by atoms with van der Waals surface area (Å²) in [5.74, 6) is -1.90. The van der Waals surface area contributed by atoms with Gasteiger partial charge in [-0.3, -0.25) is 4.90 Å². The minimum absolute atomic E-state index is 0.0524. The molecule has 0 bridgehead atoms. The van der Waals surface area contributed by atoms with E-state index in [0.717, 1.165) is 15.9 Å². The van der Waals surface area contributed by atoms with Gasteiger partial charge >= 0.3 is 6.09 Å². The molecule has 2 aliphatic heterocycles. The van der Waals surface area contributed by atoms with Gasteiger partial charge in [-0.2, -0.15) is 4.31 Å². The molecule has 6 nitrogen and oxygen atoms in total. The van der Waals surface area contributed by atoms with Crippen LogP contribution in [0.15, 0.2) is 39.7 Å². The third-order valence-electron chi connectivity index (χ3n) is 5.23. The van der Waals surface area contributed by atoms with Crippen molar-refractivity contribution in [2.24, 2.45) is 0 Å². The van der Waals surface area contributed by atoms with Crippen LogP contribution in [0.25, 0.3) is 0 Å². The molecular formula is C19H16BrClF2N2O4S. The molecule has 4 rings (SSSR count). The van der Waals surface area contributed by atoms with Crippen LogP contribution in [0, 0.1) is 11.6 Å². The van der Waals surface area contributed by atoms with Crippen molar-refractivity contribution in [3.05, 3.63) is 57.0 Å². The third kappa shape index (κ3) is 3.81. The van der Waals surface area contributed by atoms with Crippen LogP contribution in [0.4, 0.5) is 19.3 Å². The van der Waals surface area contributed by atoms with Gasteiger partial charge in [0.1, 0.15) is 23.1 Å². The zero-order valence-corrected chi connectivity index (χ0v) is 18.6. The van der Waals surface area contributed by atoms with Crippen molar-refractivity contribution in [2.75, 3.05) is 18.0 Å². The highest BCUT2D eigenvalue weighted by molar-refractivity contribution is 9.10. The van der Waals surface area contributed by atoms with Crippen molar-refractivity contribution in [3.8, 4) is 0 Å². The summed E-state index contributed by atoms with van der Waals surface area (Å²) in [6, 6.07) is 6.30. The highest BCUT2D eigenvalue weighted by Gasteiger charge is 2.38. The molecule has 1 fully saturated rings. The van der Waals surface area contributed by atoms with Gasteiger partial charge in [0.2, 0.25) is 10.0 Å². The van der Waals surface area contributed by atoms with E-state index in [4.69, 9.17) is 16.3 Å². The number of hydrogen-bond donors (Lipinski definition) is 0. The van der Waals surface area contributed by atoms with Crippen molar-refractivity contribution in [2.45, 2.75) is 30.4 Å². The molecule has 0 atom stereocenters. The van der Waals surface area contributed by atoms with Crippen molar-refractivity contribution in [1.29, 1.82) is 0 Å². The van der Waals surface area contributed by atoms with Crippen LogP contribution in [-0.2, 0) is 21.4 Å². The SMILES string of the molecule is O=C1OCc2cc(Cl)ccc2N1C1CCN(S(=O)(=O)c2cc(F)c(Br)cc2F)CC1. The van der Waals surface area contributed by atoms with Gasteiger partial charge in [-0.05, 0) is 59.1 Å². The van der Waals surface area contributed by atoms with Crippen LogP contribution in [0.5, 0.6) is 0 Å². The number of sulfonamides is 1. The van der Waals surface area contributed by atoms with E-state index < -0.39 is 32.6 Å². The van der Waals surface area contributed by atoms with Crippen LogP contribution in [-0.4, -0.2) is 37.9 Å². The maximum Gasteiger partial charge on any atom is 0.414 e. The zero-order chi connectivity index (χ0) is 21.6. The van der Waals surface area contributed by atoms with Crippen molar-refractivity contribution >= 4 is 49.3 Å². The summed E-state index contributed by atoms with van der Waals surface area (Å²) in [7, 11) is -4.22. The largest absolute Gasteiger partial charge is 0.444 e. The standard InChI is InChI=1S/C19H16BrClF2N2O4S/c20-14-8-16(23)18(9-15(14)22)30(27,28)24-5-3-13(4-6-24)25-17-2-1-12(21)7-11(17)10-29-19(25)26/h1-2,7-9,13H,3-6,10H2. The van der Waals surface area contributed by atoms with E-state index >= 15 is 0 Å². The summed E-state index contributed by atoms with van der Waals surface area (Å²) >= 11 is 8.85. The first kappa shape index (κ1) is 21.5. The Morgan fingerprint density at radius 3 is 2.50 bits per heavy atom. The molecular weight excluding hydrogens is 506 g/mol. The molecule has 0 unspecified atom stereocenters. The summed E-state index contributed by atoms with van der Waals surface area (Å²) in [5.41, 5.74) is 1.45. The molecule has 1 amide bonds. The fourth-order valence-corrected chi connectivity index (χ4v) is 5.78. The van der Waals surface area contributed by atoms with Crippen LogP contribution < -0.4 is 4.90 Å². The molecule has 0 spiro atoms. The Labute approximate surface area is 185 Å². The van der Waals surface area contributed by atoms with E-state index in [-0.39, 0.29) is 30.2 Å². The average Bonchev–Trinajstić information content (AvgIpc) is 2.71. The summed E-state index contributed by atoms with van der Waals surface area (Å²) in [6.07, 6.45) is 0.126. The second-order valence-electron chi connectivity index (χ2n) is 7.03. The number of hydrogen-bond acceptors (Lipinski definition) is 4. The first-order valence-corrected chi connectivity index (χ1v) is 11.7. The van der Waals surface area contributed by atoms with E-state index in [1.54, 1.807) is 18.2 Å². The molecule has 1 saturated heterocycles. The van der Waals surface area contributed by atoms with Gasteiger partial charge in [-0.1, -0.05) is 11.6 Å². The average molecular weight is 522 g/mol. The van der Waals surface area contributed by atoms with Gasteiger partial charge in [0.25, 0.3) is 0 Å². The van der Waals surface area contributed by atoms with Gasteiger partial charge in [0.05, 0.1) is 10.2 Å². The van der Waals surface area contributed by atoms with Crippen LogP contribution in [0.1, 0.15) is 18.4 Å². The molecule has 2 heterocycles. The zero-order valence-electron chi connectivity index (χ0n) is 15.4. The van der Waals surface area contributed by atoms with Gasteiger partial charge < -0.3 is 4.74 Å². The van der Waals surface area contributed by atoms with Crippen LogP contribution >= 0.6 is 27.5 Å². The Morgan fingerprint density at radius 2 is 1.80 bits per heavy atom. The predicted octanol–water partition coefficient (Wildman–Crippen LogP) is 4.69. The number of ether oxygens (including phenoxy) is 1. The number of anilines is 1. The van der Waals surface area contributed by atoms with E-state index in [9.17, 15) is 22.0 Å². The Balaban J connectivity index is 1.55. The topological polar surface area (TPSA) is 66.9 Å². The van der Waals surface area contributed by atoms with Crippen molar-refractivity contribution < 1.29 is 26.7 Å². The van der Waals surface area contributed by atoms with Gasteiger partial charge in [-0.25, -0.2) is 22.0 Å². The second-order valence-corrected chi connectivity index (χ2v) is 10.2. The van der Waals surface area contributed by atoms with Crippen LogP contribution in [0.2, 0.25) is 5.02 Å². The molecule has 0 radical (unpaired) electrons. The molecule has 2 aliphatic rings. The summed E-state index contributed by atoms with van der Waals surface area (Å²) < 4.78 is 59.9. The molecule has 30 heavy (non-hydrogen) atoms. The first-order valence-electron chi connectivity index (χ1n) is 9.07. The Hall–Kier alpha value is -1.75. The van der Waals surface area contributed by atoms with Crippen molar-refractivity contribution in [3.63, 3.8) is 0 Å². The van der Waals surface area contributed by atoms with E-state index in [0.29, 0.717) is 29.6 Å². The number of carbonyl (C=O) groups is 1. The van der Waals surface area contributed by atoms with E-state index in [1.807, 2.05) is 0 Å². The number of rotatable bonds is 3. The summed E-state index contributed by atoms with van der Waals surface area (Å²) in [5, 5.41) is 0.524. The minimum Gasteiger partial charge on any atom is -0.444 e. The van der Waals surface area contributed by atoms with Gasteiger partial charge in [0, 0.05) is 29.7 Å². The number of amides is 1. The number of fused-ring (bicyclic) bond motifs is 1. The molecule has 2 aromatic rings. The number of benzene rings is 2. The lowest BCUT2D eigenvalue weighted by molar-refractivity contribution is 0.136. The number of nitrogens with zero attached hydrogens (tertiary/aromatic N) is 2. The monoisotopic (exact) mass is 520 g/mol. The lowest BCUT2D eigenvalue weighted by Gasteiger charge is -2.39. The second kappa shape index (κ2) is 8.07. The number of carbonyl (C=O) groups excluding carboxylic acids is 1. The minimum atomic E-state index is -4.22. The van der Waals surface area contributed by atoms with Crippen molar-refractivity contribution in [1.82, 2.24) is 4.31 Å². The molecule has 0 N–H and O–H groups in total. The molecule has 0 saturated carbocycles. The molecule has 0 aliphatic carbocycles. The lowest BCUT2D eigenvalue weighted by Crippen LogP contribution is -2.50. The smallest absolute Gasteiger partial charge is 0.414 e. The quantitative estimate of drug-likeness (QED) is 0.550. The highest BCUT2D eigenvalue weighted by atomic mass is 79.9. The first-order chi connectivity index (χ1) is 14.2.